The highest BCUT2D eigenvalue weighted by atomic mass is 16.3. The van der Waals surface area contributed by atoms with Crippen molar-refractivity contribution in [3.8, 4) is 0 Å². The van der Waals surface area contributed by atoms with Crippen molar-refractivity contribution in [1.29, 1.82) is 0 Å². The van der Waals surface area contributed by atoms with Gasteiger partial charge in [0.2, 0.25) is 0 Å². The van der Waals surface area contributed by atoms with Crippen molar-refractivity contribution in [2.45, 2.75) is 0 Å². The SMILES string of the molecule is Nc1[nH]nc(NCCO)c1N. The van der Waals surface area contributed by atoms with Crippen molar-refractivity contribution >= 4 is 17.3 Å². The largest absolute Gasteiger partial charge is 0.395 e. The molecule has 7 N–H and O–H groups in total. The summed E-state index contributed by atoms with van der Waals surface area (Å²) in [6.45, 7) is 0.445. The Hall–Kier alpha value is -1.43. The summed E-state index contributed by atoms with van der Waals surface area (Å²) in [7, 11) is 0. The minimum absolute atomic E-state index is 0.0339. The number of nitrogens with one attached hydrogen (secondary N) is 2. The number of aromatic nitrogens is 2. The normalized spacial score (nSPS) is 9.91. The second kappa shape index (κ2) is 3.11. The summed E-state index contributed by atoms with van der Waals surface area (Å²) < 4.78 is 0. The van der Waals surface area contributed by atoms with Crippen LogP contribution in [0, 0.1) is 0 Å². The third-order valence-electron chi connectivity index (χ3n) is 1.24. The molecule has 1 heterocycles. The molecule has 1 aromatic heterocycles. The van der Waals surface area contributed by atoms with Gasteiger partial charge in [-0.25, -0.2) is 0 Å². The van der Waals surface area contributed by atoms with Crippen LogP contribution in [-0.2, 0) is 0 Å². The Morgan fingerprint density at radius 3 is 2.73 bits per heavy atom. The first-order valence-corrected chi connectivity index (χ1v) is 3.19. The predicted molar refractivity (Wildman–Crippen MR) is 43.0 cm³/mol. The Kier molecular flexibility index (Phi) is 2.17. The van der Waals surface area contributed by atoms with Gasteiger partial charge in [0.15, 0.2) is 5.82 Å². The van der Waals surface area contributed by atoms with E-state index in [4.69, 9.17) is 16.6 Å². The van der Waals surface area contributed by atoms with Gasteiger partial charge < -0.3 is 21.9 Å². The quantitative estimate of drug-likeness (QED) is 0.385. The molecule has 0 spiro atoms. The molecule has 0 saturated heterocycles. The van der Waals surface area contributed by atoms with E-state index in [1.54, 1.807) is 0 Å². The second-order valence-electron chi connectivity index (χ2n) is 2.05. The average Bonchev–Trinajstić information content (AvgIpc) is 2.31. The zero-order valence-corrected chi connectivity index (χ0v) is 5.96. The number of nitrogen functional groups attached to an aromatic ring is 2. The second-order valence-corrected chi connectivity index (χ2v) is 2.05. The molecule has 6 nitrogen and oxygen atoms in total. The summed E-state index contributed by atoms with van der Waals surface area (Å²) >= 11 is 0. The Labute approximate surface area is 63.6 Å². The zero-order chi connectivity index (χ0) is 8.27. The van der Waals surface area contributed by atoms with E-state index in [0.29, 0.717) is 23.9 Å². The Balaban J connectivity index is 2.63. The molecule has 11 heavy (non-hydrogen) atoms. The molecule has 0 aliphatic heterocycles. The zero-order valence-electron chi connectivity index (χ0n) is 5.96. The van der Waals surface area contributed by atoms with Crippen LogP contribution in [0.1, 0.15) is 0 Å². The van der Waals surface area contributed by atoms with Gasteiger partial charge in [0, 0.05) is 6.54 Å². The van der Waals surface area contributed by atoms with Gasteiger partial charge in [-0.1, -0.05) is 0 Å². The van der Waals surface area contributed by atoms with E-state index in [1.807, 2.05) is 0 Å². The van der Waals surface area contributed by atoms with Crippen LogP contribution in [0.2, 0.25) is 0 Å². The molecule has 62 valence electrons. The van der Waals surface area contributed by atoms with Crippen LogP contribution in [0.3, 0.4) is 0 Å². The maximum atomic E-state index is 8.45. The number of nitrogens with two attached hydrogens (primary N) is 2. The average molecular weight is 157 g/mol. The molecule has 0 bridgehead atoms. The lowest BCUT2D eigenvalue weighted by atomic mass is 10.5. The molecule has 6 heteroatoms. The summed E-state index contributed by atoms with van der Waals surface area (Å²) in [6, 6.07) is 0. The van der Waals surface area contributed by atoms with Crippen LogP contribution in [0.5, 0.6) is 0 Å². The molecule has 0 radical (unpaired) electrons. The van der Waals surface area contributed by atoms with Gasteiger partial charge in [-0.05, 0) is 0 Å². The standard InChI is InChI=1S/C5H11N5O/c6-3-4(7)9-10-5(3)8-1-2-11/h11H,1-2,6H2,(H4,7,8,9,10). The van der Waals surface area contributed by atoms with Crippen molar-refractivity contribution in [2.75, 3.05) is 29.9 Å². The highest BCUT2D eigenvalue weighted by molar-refractivity contribution is 5.72. The van der Waals surface area contributed by atoms with Gasteiger partial charge >= 0.3 is 0 Å². The van der Waals surface area contributed by atoms with E-state index in [1.165, 1.54) is 0 Å². The number of aliphatic hydroxyl groups excluding tert-OH is 1. The molecule has 0 amide bonds. The maximum Gasteiger partial charge on any atom is 0.173 e. The molecule has 0 atom stereocenters. The fourth-order valence-electron chi connectivity index (χ4n) is 0.673. The summed E-state index contributed by atoms with van der Waals surface area (Å²) in [5.74, 6) is 0.821. The van der Waals surface area contributed by atoms with Crippen molar-refractivity contribution in [2.24, 2.45) is 0 Å². The lowest BCUT2D eigenvalue weighted by Crippen LogP contribution is -2.07. The minimum Gasteiger partial charge on any atom is -0.395 e. The molecule has 0 aromatic carbocycles. The smallest absolute Gasteiger partial charge is 0.173 e. The molecular formula is C5H11N5O. The van der Waals surface area contributed by atoms with Crippen LogP contribution < -0.4 is 16.8 Å². The molecule has 0 unspecified atom stereocenters. The highest BCUT2D eigenvalue weighted by Gasteiger charge is 2.04. The van der Waals surface area contributed by atoms with Gasteiger partial charge in [-0.15, -0.1) is 0 Å². The third kappa shape index (κ3) is 1.53. The summed E-state index contributed by atoms with van der Waals surface area (Å²) in [5.41, 5.74) is 11.2. The number of rotatable bonds is 3. The molecule has 0 aliphatic rings. The van der Waals surface area contributed by atoms with Gasteiger partial charge in [0.1, 0.15) is 11.5 Å². The first kappa shape index (κ1) is 7.67. The summed E-state index contributed by atoms with van der Waals surface area (Å²) in [4.78, 5) is 0. The van der Waals surface area contributed by atoms with Gasteiger partial charge in [0.05, 0.1) is 6.61 Å². The van der Waals surface area contributed by atoms with Gasteiger partial charge in [0.25, 0.3) is 0 Å². The number of H-pyrrole nitrogens is 1. The van der Waals surface area contributed by atoms with E-state index >= 15 is 0 Å². The topological polar surface area (TPSA) is 113 Å². The number of anilines is 3. The summed E-state index contributed by atoms with van der Waals surface area (Å²) in [6.07, 6.45) is 0. The number of aliphatic hydroxyl groups is 1. The molecule has 0 aliphatic carbocycles. The van der Waals surface area contributed by atoms with E-state index < -0.39 is 0 Å². The Morgan fingerprint density at radius 2 is 2.27 bits per heavy atom. The van der Waals surface area contributed by atoms with Gasteiger partial charge in [-0.2, -0.15) is 5.10 Å². The molecular weight excluding hydrogens is 146 g/mol. The first-order valence-electron chi connectivity index (χ1n) is 3.19. The maximum absolute atomic E-state index is 8.45. The highest BCUT2D eigenvalue weighted by Crippen LogP contribution is 2.19. The third-order valence-corrected chi connectivity index (χ3v) is 1.24. The number of hydrogen-bond donors (Lipinski definition) is 5. The fourth-order valence-corrected chi connectivity index (χ4v) is 0.673. The Morgan fingerprint density at radius 1 is 1.55 bits per heavy atom. The predicted octanol–water partition coefficient (Wildman–Crippen LogP) is -1.02. The van der Waals surface area contributed by atoms with Crippen LogP contribution in [-0.4, -0.2) is 28.5 Å². The van der Waals surface area contributed by atoms with Crippen molar-refractivity contribution in [3.05, 3.63) is 0 Å². The Bertz CT molecular complexity index is 233. The van der Waals surface area contributed by atoms with Crippen LogP contribution >= 0.6 is 0 Å². The van der Waals surface area contributed by atoms with Crippen LogP contribution in [0.4, 0.5) is 17.3 Å². The molecule has 1 aromatic rings. The van der Waals surface area contributed by atoms with E-state index in [-0.39, 0.29) is 6.61 Å². The van der Waals surface area contributed by atoms with Crippen molar-refractivity contribution < 1.29 is 5.11 Å². The van der Waals surface area contributed by atoms with Gasteiger partial charge in [-0.3, -0.25) is 5.10 Å². The summed E-state index contributed by atoms with van der Waals surface area (Å²) in [5, 5.41) is 17.5. The molecule has 1 rings (SSSR count). The lowest BCUT2D eigenvalue weighted by Gasteiger charge is -1.99. The fraction of sp³-hybridized carbons (Fsp3) is 0.400. The first-order chi connectivity index (χ1) is 5.25. The van der Waals surface area contributed by atoms with E-state index in [9.17, 15) is 0 Å². The van der Waals surface area contributed by atoms with E-state index in [0.717, 1.165) is 0 Å². The monoisotopic (exact) mass is 157 g/mol. The molecule has 0 fully saturated rings. The van der Waals surface area contributed by atoms with Crippen LogP contribution in [0.25, 0.3) is 0 Å². The number of aromatic amines is 1. The minimum atomic E-state index is 0.0339. The number of hydrogen-bond acceptors (Lipinski definition) is 5. The van der Waals surface area contributed by atoms with E-state index in [2.05, 4.69) is 15.5 Å². The van der Waals surface area contributed by atoms with Crippen molar-refractivity contribution in [1.82, 2.24) is 10.2 Å². The van der Waals surface area contributed by atoms with Crippen molar-refractivity contribution in [3.63, 3.8) is 0 Å². The number of nitrogens with zero attached hydrogens (tertiary/aromatic N) is 1. The lowest BCUT2D eigenvalue weighted by molar-refractivity contribution is 0.311. The van der Waals surface area contributed by atoms with Crippen LogP contribution in [0.15, 0.2) is 0 Å². The molecule has 0 saturated carbocycles.